The number of rotatable bonds is 5. The highest BCUT2D eigenvalue weighted by molar-refractivity contribution is 7.13. The number of benzene rings is 2. The molecular formula is C21H15FN4O2S. The van der Waals surface area contributed by atoms with E-state index in [-0.39, 0.29) is 11.5 Å². The molecule has 4 rings (SSSR count). The lowest BCUT2D eigenvalue weighted by atomic mass is 10.1. The summed E-state index contributed by atoms with van der Waals surface area (Å²) in [5.74, 6) is -0.428. The van der Waals surface area contributed by atoms with Gasteiger partial charge in [-0.2, -0.15) is 0 Å². The SMILES string of the molecule is COc1cc(C(=O)Nc2ccccc2-c2csc(-c3ccccc3F)n2)ncn1. The number of carbonyl (C=O) groups excluding carboxylic acids is 1. The lowest BCUT2D eigenvalue weighted by Gasteiger charge is -2.09. The largest absolute Gasteiger partial charge is 0.481 e. The van der Waals surface area contributed by atoms with Crippen LogP contribution in [0.15, 0.2) is 66.3 Å². The van der Waals surface area contributed by atoms with Crippen molar-refractivity contribution in [3.63, 3.8) is 0 Å². The normalized spacial score (nSPS) is 10.6. The molecule has 0 aliphatic heterocycles. The quantitative estimate of drug-likeness (QED) is 0.521. The first kappa shape index (κ1) is 18.7. The zero-order valence-electron chi connectivity index (χ0n) is 15.3. The van der Waals surface area contributed by atoms with Crippen LogP contribution in [0.4, 0.5) is 10.1 Å². The Balaban J connectivity index is 1.64. The van der Waals surface area contributed by atoms with E-state index >= 15 is 0 Å². The summed E-state index contributed by atoms with van der Waals surface area (Å²) >= 11 is 1.34. The smallest absolute Gasteiger partial charge is 0.274 e. The van der Waals surface area contributed by atoms with Crippen molar-refractivity contribution in [1.29, 1.82) is 0 Å². The number of nitrogens with zero attached hydrogens (tertiary/aromatic N) is 3. The second-order valence-electron chi connectivity index (χ2n) is 5.96. The topological polar surface area (TPSA) is 77.0 Å². The van der Waals surface area contributed by atoms with Gasteiger partial charge >= 0.3 is 0 Å². The van der Waals surface area contributed by atoms with Crippen LogP contribution in [0.3, 0.4) is 0 Å². The highest BCUT2D eigenvalue weighted by Crippen LogP contribution is 2.33. The third-order valence-corrected chi connectivity index (χ3v) is 5.02. The summed E-state index contributed by atoms with van der Waals surface area (Å²) in [5, 5.41) is 5.25. The Morgan fingerprint density at radius 3 is 2.62 bits per heavy atom. The Kier molecular flexibility index (Phi) is 5.26. The third kappa shape index (κ3) is 3.97. The van der Waals surface area contributed by atoms with Crippen LogP contribution in [0.1, 0.15) is 10.5 Å². The molecule has 8 heteroatoms. The van der Waals surface area contributed by atoms with Gasteiger partial charge in [-0.1, -0.05) is 30.3 Å². The van der Waals surface area contributed by atoms with Gasteiger partial charge in [0.1, 0.15) is 22.8 Å². The second kappa shape index (κ2) is 8.15. The molecule has 0 atom stereocenters. The fraction of sp³-hybridized carbons (Fsp3) is 0.0476. The molecule has 0 spiro atoms. The highest BCUT2D eigenvalue weighted by atomic mass is 32.1. The number of anilines is 1. The minimum Gasteiger partial charge on any atom is -0.481 e. The maximum absolute atomic E-state index is 14.1. The third-order valence-electron chi connectivity index (χ3n) is 4.14. The second-order valence-corrected chi connectivity index (χ2v) is 6.82. The van der Waals surface area contributed by atoms with Gasteiger partial charge in [-0.15, -0.1) is 11.3 Å². The Bertz CT molecular complexity index is 1180. The van der Waals surface area contributed by atoms with E-state index < -0.39 is 5.91 Å². The lowest BCUT2D eigenvalue weighted by molar-refractivity contribution is 0.102. The average molecular weight is 406 g/mol. The van der Waals surface area contributed by atoms with Gasteiger partial charge in [-0.3, -0.25) is 4.79 Å². The monoisotopic (exact) mass is 406 g/mol. The van der Waals surface area contributed by atoms with Gasteiger partial charge in [0.2, 0.25) is 5.88 Å². The molecule has 0 bridgehead atoms. The molecule has 0 saturated carbocycles. The number of ether oxygens (including phenoxy) is 1. The van der Waals surface area contributed by atoms with Crippen molar-refractivity contribution < 1.29 is 13.9 Å². The molecule has 1 amide bonds. The van der Waals surface area contributed by atoms with E-state index in [1.165, 1.54) is 36.9 Å². The summed E-state index contributed by atoms with van der Waals surface area (Å²) in [6, 6.07) is 15.2. The van der Waals surface area contributed by atoms with Gasteiger partial charge in [0.15, 0.2) is 0 Å². The van der Waals surface area contributed by atoms with E-state index in [1.807, 2.05) is 23.6 Å². The number of aromatic nitrogens is 3. The van der Waals surface area contributed by atoms with E-state index in [9.17, 15) is 9.18 Å². The van der Waals surface area contributed by atoms with Gasteiger partial charge in [-0.25, -0.2) is 19.3 Å². The van der Waals surface area contributed by atoms with Gasteiger partial charge in [0.25, 0.3) is 5.91 Å². The minimum atomic E-state index is -0.400. The van der Waals surface area contributed by atoms with Crippen molar-refractivity contribution in [2.75, 3.05) is 12.4 Å². The van der Waals surface area contributed by atoms with E-state index in [0.717, 1.165) is 5.56 Å². The summed E-state index contributed by atoms with van der Waals surface area (Å²) in [5.41, 5.74) is 2.56. The van der Waals surface area contributed by atoms with Crippen LogP contribution < -0.4 is 10.1 Å². The molecule has 0 radical (unpaired) electrons. The Morgan fingerprint density at radius 1 is 1.07 bits per heavy atom. The summed E-state index contributed by atoms with van der Waals surface area (Å²) < 4.78 is 19.1. The number of methoxy groups -OCH3 is 1. The summed E-state index contributed by atoms with van der Waals surface area (Å²) in [7, 11) is 1.47. The molecule has 2 heterocycles. The van der Waals surface area contributed by atoms with Crippen molar-refractivity contribution in [2.24, 2.45) is 0 Å². The van der Waals surface area contributed by atoms with E-state index in [4.69, 9.17) is 4.74 Å². The van der Waals surface area contributed by atoms with Crippen molar-refractivity contribution in [3.05, 3.63) is 77.8 Å². The van der Waals surface area contributed by atoms with Gasteiger partial charge in [-0.05, 0) is 18.2 Å². The molecule has 0 saturated heterocycles. The number of amides is 1. The fourth-order valence-electron chi connectivity index (χ4n) is 2.73. The molecule has 29 heavy (non-hydrogen) atoms. The zero-order valence-corrected chi connectivity index (χ0v) is 16.1. The number of nitrogens with one attached hydrogen (secondary N) is 1. The number of thiazole rings is 1. The zero-order chi connectivity index (χ0) is 20.2. The van der Waals surface area contributed by atoms with Gasteiger partial charge in [0.05, 0.1) is 18.5 Å². The Hall–Kier alpha value is -3.65. The van der Waals surface area contributed by atoms with Crippen molar-refractivity contribution in [1.82, 2.24) is 15.0 Å². The van der Waals surface area contributed by atoms with Gasteiger partial charge in [0, 0.05) is 22.6 Å². The summed E-state index contributed by atoms with van der Waals surface area (Å²) in [6.07, 6.45) is 1.26. The Morgan fingerprint density at radius 2 is 1.83 bits per heavy atom. The predicted octanol–water partition coefficient (Wildman–Crippen LogP) is 4.67. The standard InChI is InChI=1S/C21H15FN4O2S/c1-28-19-10-17(23-12-24-19)20(27)25-16-9-5-3-7-14(16)18-11-29-21(26-18)13-6-2-4-8-15(13)22/h2-12H,1H3,(H,25,27). The van der Waals surface area contributed by atoms with E-state index in [1.54, 1.807) is 24.3 Å². The van der Waals surface area contributed by atoms with Crippen molar-refractivity contribution in [3.8, 4) is 27.7 Å². The molecule has 2 aromatic carbocycles. The highest BCUT2D eigenvalue weighted by Gasteiger charge is 2.15. The maximum Gasteiger partial charge on any atom is 0.274 e. The number of para-hydroxylation sites is 1. The molecule has 0 aliphatic rings. The minimum absolute atomic E-state index is 0.178. The van der Waals surface area contributed by atoms with Crippen LogP contribution in [-0.4, -0.2) is 28.0 Å². The van der Waals surface area contributed by atoms with Crippen molar-refractivity contribution in [2.45, 2.75) is 0 Å². The lowest BCUT2D eigenvalue weighted by Crippen LogP contribution is -2.14. The van der Waals surface area contributed by atoms with E-state index in [2.05, 4.69) is 20.3 Å². The molecule has 0 fully saturated rings. The number of hydrogen-bond donors (Lipinski definition) is 1. The van der Waals surface area contributed by atoms with Crippen molar-refractivity contribution >= 4 is 22.9 Å². The first-order valence-corrected chi connectivity index (χ1v) is 9.51. The van der Waals surface area contributed by atoms with Crippen LogP contribution in [0.25, 0.3) is 21.8 Å². The van der Waals surface area contributed by atoms with Crippen LogP contribution in [-0.2, 0) is 0 Å². The first-order valence-electron chi connectivity index (χ1n) is 8.63. The van der Waals surface area contributed by atoms with Crippen LogP contribution in [0, 0.1) is 5.82 Å². The molecule has 6 nitrogen and oxygen atoms in total. The number of hydrogen-bond acceptors (Lipinski definition) is 6. The summed E-state index contributed by atoms with van der Waals surface area (Å²) in [6.45, 7) is 0. The molecule has 1 N–H and O–H groups in total. The first-order chi connectivity index (χ1) is 14.2. The molecule has 0 aliphatic carbocycles. The van der Waals surface area contributed by atoms with Gasteiger partial charge < -0.3 is 10.1 Å². The molecule has 4 aromatic rings. The van der Waals surface area contributed by atoms with Crippen LogP contribution in [0.5, 0.6) is 5.88 Å². The van der Waals surface area contributed by atoms with E-state index in [0.29, 0.717) is 27.8 Å². The van der Waals surface area contributed by atoms with Crippen LogP contribution >= 0.6 is 11.3 Å². The average Bonchev–Trinajstić information content (AvgIpc) is 3.24. The molecule has 0 unspecified atom stereocenters. The molecule has 2 aromatic heterocycles. The molecular weight excluding hydrogens is 391 g/mol. The number of carbonyl (C=O) groups is 1. The molecule has 144 valence electrons. The maximum atomic E-state index is 14.1. The fourth-order valence-corrected chi connectivity index (χ4v) is 3.58. The summed E-state index contributed by atoms with van der Waals surface area (Å²) in [4.78, 5) is 25.1. The van der Waals surface area contributed by atoms with Crippen LogP contribution in [0.2, 0.25) is 0 Å². The predicted molar refractivity (Wildman–Crippen MR) is 109 cm³/mol. The Labute approximate surface area is 170 Å². The number of halogens is 1.